The summed E-state index contributed by atoms with van der Waals surface area (Å²) in [6, 6.07) is 10.8. The summed E-state index contributed by atoms with van der Waals surface area (Å²) in [7, 11) is -4.16. The minimum atomic E-state index is -4.16. The highest BCUT2D eigenvalue weighted by Gasteiger charge is 2.22. The Morgan fingerprint density at radius 3 is 2.38 bits per heavy atom. The van der Waals surface area contributed by atoms with Gasteiger partial charge in [-0.2, -0.15) is 4.98 Å². The zero-order valence-corrected chi connectivity index (χ0v) is 18.7. The Morgan fingerprint density at radius 1 is 1.09 bits per heavy atom. The fourth-order valence-electron chi connectivity index (χ4n) is 3.24. The summed E-state index contributed by atoms with van der Waals surface area (Å²) in [5, 5.41) is 9.16. The van der Waals surface area contributed by atoms with Gasteiger partial charge in [-0.1, -0.05) is 24.3 Å². The van der Waals surface area contributed by atoms with E-state index in [0.717, 1.165) is 22.8 Å². The number of sulfonamides is 1. The van der Waals surface area contributed by atoms with Crippen LogP contribution in [-0.2, 0) is 10.0 Å². The largest absolute Gasteiger partial charge is 0.478 e. The molecule has 3 aromatic rings. The number of aryl methyl sites for hydroxylation is 2. The first-order valence-electron chi connectivity index (χ1n) is 9.78. The molecule has 0 saturated heterocycles. The number of rotatable bonds is 8. The number of nitrogens with one attached hydrogen (secondary N) is 1. The minimum absolute atomic E-state index is 0.152. The standard InChI is InChI=1S/C22H24N4O5S/c1-13-6-4-7-14(2)18(13)19-15(3)20(31-11-10-23)25-22(24-19)26-32(29,30)17-9-5-8-16(12-17)21(27)28/h4-9,12H,10-11,23H2,1-3H3,(H,27,28)(H,24,25,26). The van der Waals surface area contributed by atoms with Crippen LogP contribution in [0, 0.1) is 20.8 Å². The average molecular weight is 457 g/mol. The van der Waals surface area contributed by atoms with Crippen molar-refractivity contribution < 1.29 is 23.1 Å². The Balaban J connectivity index is 2.12. The first-order valence-corrected chi connectivity index (χ1v) is 11.3. The van der Waals surface area contributed by atoms with Gasteiger partial charge >= 0.3 is 5.97 Å². The zero-order chi connectivity index (χ0) is 23.5. The lowest BCUT2D eigenvalue weighted by atomic mass is 9.97. The number of nitrogens with two attached hydrogens (primary N) is 1. The van der Waals surface area contributed by atoms with Crippen molar-refractivity contribution in [1.82, 2.24) is 9.97 Å². The van der Waals surface area contributed by atoms with Gasteiger partial charge < -0.3 is 15.6 Å². The molecule has 0 radical (unpaired) electrons. The lowest BCUT2D eigenvalue weighted by molar-refractivity contribution is 0.0696. The Morgan fingerprint density at radius 2 is 1.75 bits per heavy atom. The number of aromatic nitrogens is 2. The van der Waals surface area contributed by atoms with Gasteiger partial charge in [0.1, 0.15) is 6.61 Å². The van der Waals surface area contributed by atoms with Crippen molar-refractivity contribution in [3.8, 4) is 17.1 Å². The molecule has 1 aromatic heterocycles. The molecule has 1 heterocycles. The van der Waals surface area contributed by atoms with E-state index in [1.54, 1.807) is 6.92 Å². The molecule has 168 valence electrons. The van der Waals surface area contributed by atoms with Crippen LogP contribution in [0.1, 0.15) is 27.0 Å². The first-order chi connectivity index (χ1) is 15.1. The van der Waals surface area contributed by atoms with Crippen molar-refractivity contribution >= 4 is 21.9 Å². The molecule has 9 nitrogen and oxygen atoms in total. The molecule has 2 aromatic carbocycles. The maximum atomic E-state index is 12.9. The van der Waals surface area contributed by atoms with Gasteiger partial charge in [-0.3, -0.25) is 0 Å². The molecule has 0 aliphatic heterocycles. The molecule has 0 aliphatic carbocycles. The summed E-state index contributed by atoms with van der Waals surface area (Å²) >= 11 is 0. The highest BCUT2D eigenvalue weighted by Crippen LogP contribution is 2.33. The van der Waals surface area contributed by atoms with E-state index in [1.165, 1.54) is 18.2 Å². The molecular weight excluding hydrogens is 432 g/mol. The second-order valence-electron chi connectivity index (χ2n) is 7.17. The summed E-state index contributed by atoms with van der Waals surface area (Å²) in [5.41, 5.74) is 9.33. The molecule has 0 bridgehead atoms. The summed E-state index contributed by atoms with van der Waals surface area (Å²) in [4.78, 5) is 19.7. The smallest absolute Gasteiger partial charge is 0.335 e. The van der Waals surface area contributed by atoms with Gasteiger partial charge in [0, 0.05) is 17.7 Å². The number of carboxylic acids is 1. The van der Waals surface area contributed by atoms with Crippen LogP contribution in [0.25, 0.3) is 11.3 Å². The highest BCUT2D eigenvalue weighted by molar-refractivity contribution is 7.92. The Kier molecular flexibility index (Phi) is 6.75. The fraction of sp³-hybridized carbons (Fsp3) is 0.227. The number of carboxylic acid groups (broad SMARTS) is 1. The van der Waals surface area contributed by atoms with E-state index in [2.05, 4.69) is 14.7 Å². The van der Waals surface area contributed by atoms with Crippen LogP contribution in [0.3, 0.4) is 0 Å². The molecular formula is C22H24N4O5S. The first kappa shape index (κ1) is 23.2. The summed E-state index contributed by atoms with van der Waals surface area (Å²) in [6.07, 6.45) is 0. The monoisotopic (exact) mass is 456 g/mol. The van der Waals surface area contributed by atoms with Gasteiger partial charge in [-0.25, -0.2) is 22.9 Å². The van der Waals surface area contributed by atoms with E-state index in [4.69, 9.17) is 15.6 Å². The predicted molar refractivity (Wildman–Crippen MR) is 120 cm³/mol. The summed E-state index contributed by atoms with van der Waals surface area (Å²) < 4.78 is 33.8. The molecule has 0 amide bonds. The van der Waals surface area contributed by atoms with Crippen molar-refractivity contribution in [2.75, 3.05) is 17.9 Å². The van der Waals surface area contributed by atoms with Crippen LogP contribution in [0.2, 0.25) is 0 Å². The van der Waals surface area contributed by atoms with Crippen LogP contribution in [0.5, 0.6) is 5.88 Å². The fourth-order valence-corrected chi connectivity index (χ4v) is 4.23. The molecule has 10 heteroatoms. The molecule has 0 aliphatic rings. The summed E-state index contributed by atoms with van der Waals surface area (Å²) in [5.74, 6) is -1.22. The molecule has 32 heavy (non-hydrogen) atoms. The number of ether oxygens (including phenoxy) is 1. The minimum Gasteiger partial charge on any atom is -0.478 e. The van der Waals surface area contributed by atoms with E-state index < -0.39 is 16.0 Å². The van der Waals surface area contributed by atoms with Gasteiger partial charge in [0.2, 0.25) is 11.8 Å². The lowest BCUT2D eigenvalue weighted by Crippen LogP contribution is -2.18. The van der Waals surface area contributed by atoms with Crippen molar-refractivity contribution in [2.24, 2.45) is 5.73 Å². The lowest BCUT2D eigenvalue weighted by Gasteiger charge is -2.17. The van der Waals surface area contributed by atoms with E-state index in [9.17, 15) is 13.2 Å². The van der Waals surface area contributed by atoms with E-state index >= 15 is 0 Å². The Bertz CT molecular complexity index is 1260. The number of anilines is 1. The normalized spacial score (nSPS) is 11.2. The van der Waals surface area contributed by atoms with E-state index in [-0.39, 0.29) is 35.4 Å². The zero-order valence-electron chi connectivity index (χ0n) is 17.9. The highest BCUT2D eigenvalue weighted by atomic mass is 32.2. The predicted octanol–water partition coefficient (Wildman–Crippen LogP) is 2.91. The van der Waals surface area contributed by atoms with Crippen LogP contribution in [0.4, 0.5) is 5.95 Å². The molecule has 0 spiro atoms. The molecule has 0 atom stereocenters. The van der Waals surface area contributed by atoms with Gasteiger partial charge in [-0.15, -0.1) is 0 Å². The van der Waals surface area contributed by atoms with Crippen LogP contribution in [-0.4, -0.2) is 42.6 Å². The number of aromatic carboxylic acids is 1. The number of carbonyl (C=O) groups is 1. The average Bonchev–Trinajstić information content (AvgIpc) is 2.74. The number of hydrogen-bond donors (Lipinski definition) is 3. The molecule has 3 rings (SSSR count). The van der Waals surface area contributed by atoms with Crippen molar-refractivity contribution in [2.45, 2.75) is 25.7 Å². The van der Waals surface area contributed by atoms with Gasteiger partial charge in [-0.05, 0) is 50.1 Å². The molecule has 0 saturated carbocycles. The van der Waals surface area contributed by atoms with Crippen LogP contribution < -0.4 is 15.2 Å². The van der Waals surface area contributed by atoms with Crippen molar-refractivity contribution in [3.63, 3.8) is 0 Å². The third-order valence-corrected chi connectivity index (χ3v) is 6.12. The third-order valence-electron chi connectivity index (χ3n) is 4.79. The number of benzene rings is 2. The maximum Gasteiger partial charge on any atom is 0.335 e. The van der Waals surface area contributed by atoms with Crippen molar-refractivity contribution in [3.05, 3.63) is 64.7 Å². The molecule has 0 unspecified atom stereocenters. The molecule has 4 N–H and O–H groups in total. The van der Waals surface area contributed by atoms with E-state index in [1.807, 2.05) is 32.0 Å². The van der Waals surface area contributed by atoms with Crippen molar-refractivity contribution in [1.29, 1.82) is 0 Å². The van der Waals surface area contributed by atoms with Gasteiger partial charge in [0.25, 0.3) is 10.0 Å². The Hall–Kier alpha value is -3.50. The summed E-state index contributed by atoms with van der Waals surface area (Å²) in [6.45, 7) is 6.11. The Labute approximate surface area is 186 Å². The van der Waals surface area contributed by atoms with Gasteiger partial charge in [0.15, 0.2) is 0 Å². The molecule has 0 fully saturated rings. The third kappa shape index (κ3) is 4.87. The maximum absolute atomic E-state index is 12.9. The van der Waals surface area contributed by atoms with Crippen LogP contribution in [0.15, 0.2) is 47.4 Å². The van der Waals surface area contributed by atoms with E-state index in [0.29, 0.717) is 11.3 Å². The number of hydrogen-bond acceptors (Lipinski definition) is 7. The van der Waals surface area contributed by atoms with Crippen LogP contribution >= 0.6 is 0 Å². The second kappa shape index (κ2) is 9.33. The quantitative estimate of drug-likeness (QED) is 0.469. The second-order valence-corrected chi connectivity index (χ2v) is 8.85. The number of nitrogens with zero attached hydrogens (tertiary/aromatic N) is 2. The van der Waals surface area contributed by atoms with Gasteiger partial charge in [0.05, 0.1) is 16.2 Å². The topological polar surface area (TPSA) is 144 Å². The SMILES string of the molecule is Cc1cccc(C)c1-c1nc(NS(=O)(=O)c2cccc(C(=O)O)c2)nc(OCCN)c1C.